The summed E-state index contributed by atoms with van der Waals surface area (Å²) in [6.45, 7) is 7.90. The Balaban J connectivity index is 1.07. The zero-order valence-electron chi connectivity index (χ0n) is 22.5. The van der Waals surface area contributed by atoms with E-state index in [4.69, 9.17) is 9.72 Å². The lowest BCUT2D eigenvalue weighted by Gasteiger charge is -2.40. The van der Waals surface area contributed by atoms with Crippen molar-refractivity contribution in [2.45, 2.75) is 83.0 Å². The number of pyridine rings is 1. The number of amides is 2. The molecule has 0 radical (unpaired) electrons. The van der Waals surface area contributed by atoms with Gasteiger partial charge in [-0.2, -0.15) is 0 Å². The van der Waals surface area contributed by atoms with Gasteiger partial charge in [0.15, 0.2) is 0 Å². The maximum absolute atomic E-state index is 13.2. The number of aromatic nitrogens is 1. The van der Waals surface area contributed by atoms with Crippen LogP contribution in [0.1, 0.15) is 77.3 Å². The molecule has 1 aromatic carbocycles. The van der Waals surface area contributed by atoms with E-state index in [0.717, 1.165) is 81.7 Å². The number of likely N-dealkylation sites (tertiary alicyclic amines) is 1. The summed E-state index contributed by atoms with van der Waals surface area (Å²) >= 11 is 0. The molecule has 5 heterocycles. The van der Waals surface area contributed by atoms with E-state index in [9.17, 15) is 9.59 Å². The van der Waals surface area contributed by atoms with Crippen molar-refractivity contribution < 1.29 is 14.3 Å². The highest BCUT2D eigenvalue weighted by Gasteiger charge is 2.42. The first-order valence-corrected chi connectivity index (χ1v) is 14.3. The minimum absolute atomic E-state index is 0.00726. The van der Waals surface area contributed by atoms with E-state index in [2.05, 4.69) is 27.4 Å². The van der Waals surface area contributed by atoms with Crippen molar-refractivity contribution >= 4 is 17.6 Å². The molecule has 0 spiro atoms. The molecule has 0 saturated carbocycles. The molecule has 38 heavy (non-hydrogen) atoms. The van der Waals surface area contributed by atoms with Gasteiger partial charge in [-0.3, -0.25) is 9.59 Å². The van der Waals surface area contributed by atoms with Crippen LogP contribution in [0.25, 0.3) is 0 Å². The minimum atomic E-state index is -0.0383. The number of rotatable bonds is 6. The number of piperidine rings is 2. The Hall–Kier alpha value is -3.13. The number of carbonyl (C=O) groups excluding carboxylic acids is 2. The molecule has 4 atom stereocenters. The molecule has 1 aromatic heterocycles. The lowest BCUT2D eigenvalue weighted by atomic mass is 9.96. The highest BCUT2D eigenvalue weighted by molar-refractivity contribution is 5.97. The molecule has 4 aliphatic heterocycles. The van der Waals surface area contributed by atoms with Crippen molar-refractivity contribution in [2.24, 2.45) is 0 Å². The van der Waals surface area contributed by atoms with E-state index in [0.29, 0.717) is 29.8 Å². The van der Waals surface area contributed by atoms with E-state index < -0.39 is 0 Å². The molecular formula is C30H39N5O3. The predicted molar refractivity (Wildman–Crippen MR) is 147 cm³/mol. The number of anilines is 1. The van der Waals surface area contributed by atoms with Crippen LogP contribution in [0.3, 0.4) is 0 Å². The van der Waals surface area contributed by atoms with Gasteiger partial charge < -0.3 is 25.2 Å². The van der Waals surface area contributed by atoms with E-state index >= 15 is 0 Å². The highest BCUT2D eigenvalue weighted by atomic mass is 16.5. The predicted octanol–water partition coefficient (Wildman–Crippen LogP) is 3.47. The second-order valence-corrected chi connectivity index (χ2v) is 11.4. The number of ether oxygens (including phenoxy) is 1. The molecule has 2 unspecified atom stereocenters. The van der Waals surface area contributed by atoms with Gasteiger partial charge in [-0.1, -0.05) is 13.0 Å². The lowest BCUT2D eigenvalue weighted by molar-refractivity contribution is 0.0903. The third-order valence-electron chi connectivity index (χ3n) is 8.98. The number of likely N-dealkylation sites (N-methyl/N-ethyl adjacent to an activating group) is 1. The summed E-state index contributed by atoms with van der Waals surface area (Å²) in [6, 6.07) is 8.91. The number of hydrogen-bond acceptors (Lipinski definition) is 6. The average molecular weight is 518 g/mol. The Kier molecular flexibility index (Phi) is 6.99. The fourth-order valence-electron chi connectivity index (χ4n) is 6.99. The fourth-order valence-corrected chi connectivity index (χ4v) is 6.99. The Morgan fingerprint density at radius 3 is 2.55 bits per heavy atom. The molecule has 4 aliphatic rings. The Bertz CT molecular complexity index is 1190. The smallest absolute Gasteiger partial charge is 0.253 e. The van der Waals surface area contributed by atoms with Gasteiger partial charge in [0, 0.05) is 54.5 Å². The maximum Gasteiger partial charge on any atom is 0.253 e. The molecule has 2 N–H and O–H groups in total. The van der Waals surface area contributed by atoms with E-state index in [-0.39, 0.29) is 23.9 Å². The van der Waals surface area contributed by atoms with Crippen LogP contribution >= 0.6 is 0 Å². The van der Waals surface area contributed by atoms with Crippen LogP contribution in [0.4, 0.5) is 5.82 Å². The lowest BCUT2D eigenvalue weighted by Crippen LogP contribution is -2.51. The second-order valence-electron chi connectivity index (χ2n) is 11.4. The number of fused-ring (bicyclic) bond motifs is 3. The number of hydrogen-bond donors (Lipinski definition) is 2. The quantitative estimate of drug-likeness (QED) is 0.610. The van der Waals surface area contributed by atoms with Crippen LogP contribution in [0.15, 0.2) is 30.5 Å². The minimum Gasteiger partial charge on any atom is -0.493 e. The van der Waals surface area contributed by atoms with Gasteiger partial charge in [0.25, 0.3) is 11.8 Å². The Morgan fingerprint density at radius 1 is 1.03 bits per heavy atom. The number of nitrogens with one attached hydrogen (secondary N) is 2. The van der Waals surface area contributed by atoms with Crippen LogP contribution in [0.2, 0.25) is 0 Å². The molecular weight excluding hydrogens is 478 g/mol. The van der Waals surface area contributed by atoms with Crippen LogP contribution < -0.4 is 20.3 Å². The van der Waals surface area contributed by atoms with Crippen LogP contribution in [-0.4, -0.2) is 72.1 Å². The molecule has 2 amide bonds. The van der Waals surface area contributed by atoms with E-state index in [1.54, 1.807) is 6.20 Å². The molecule has 6 rings (SSSR count). The summed E-state index contributed by atoms with van der Waals surface area (Å²) in [4.78, 5) is 35.5. The fraction of sp³-hybridized carbons (Fsp3) is 0.567. The molecule has 2 bridgehead atoms. The van der Waals surface area contributed by atoms with Crippen molar-refractivity contribution in [2.75, 3.05) is 31.1 Å². The number of nitrogens with zero attached hydrogens (tertiary/aromatic N) is 3. The first-order chi connectivity index (χ1) is 18.5. The SMILES string of the molecule is CCN1CCCC(NC(=O)c2ccc(N3[C@@H]4CC[C@H]3CC(NC(=O)c3ccc5c(c3C)OCC5)C4)nc2)C1. The monoisotopic (exact) mass is 517 g/mol. The molecule has 3 fully saturated rings. The molecule has 8 heteroatoms. The molecule has 3 saturated heterocycles. The summed E-state index contributed by atoms with van der Waals surface area (Å²) in [7, 11) is 0. The molecule has 8 nitrogen and oxygen atoms in total. The van der Waals surface area contributed by atoms with Gasteiger partial charge in [-0.05, 0) is 82.3 Å². The number of benzene rings is 1. The van der Waals surface area contributed by atoms with Crippen LogP contribution in [0.5, 0.6) is 5.75 Å². The third-order valence-corrected chi connectivity index (χ3v) is 8.98. The first-order valence-electron chi connectivity index (χ1n) is 14.3. The van der Waals surface area contributed by atoms with Crippen molar-refractivity contribution in [3.8, 4) is 5.75 Å². The summed E-state index contributed by atoms with van der Waals surface area (Å²) in [5.74, 6) is 1.77. The average Bonchev–Trinajstić information content (AvgIpc) is 3.52. The van der Waals surface area contributed by atoms with Gasteiger partial charge in [0.05, 0.1) is 12.2 Å². The molecule has 0 aliphatic carbocycles. The van der Waals surface area contributed by atoms with Crippen molar-refractivity contribution in [3.63, 3.8) is 0 Å². The molecule has 202 valence electrons. The van der Waals surface area contributed by atoms with Gasteiger partial charge in [0.2, 0.25) is 0 Å². The maximum atomic E-state index is 13.2. The largest absolute Gasteiger partial charge is 0.493 e. The first kappa shape index (κ1) is 25.2. The third kappa shape index (κ3) is 4.86. The van der Waals surface area contributed by atoms with E-state index in [1.807, 2.05) is 31.2 Å². The summed E-state index contributed by atoms with van der Waals surface area (Å²) < 4.78 is 5.77. The van der Waals surface area contributed by atoms with Crippen LogP contribution in [0, 0.1) is 6.92 Å². The number of carbonyl (C=O) groups is 2. The van der Waals surface area contributed by atoms with Crippen LogP contribution in [-0.2, 0) is 6.42 Å². The zero-order chi connectivity index (χ0) is 26.2. The van der Waals surface area contributed by atoms with Gasteiger partial charge in [0.1, 0.15) is 11.6 Å². The second kappa shape index (κ2) is 10.6. The zero-order valence-corrected chi connectivity index (χ0v) is 22.5. The van der Waals surface area contributed by atoms with Gasteiger partial charge >= 0.3 is 0 Å². The Labute approximate surface area is 225 Å². The molecule has 2 aromatic rings. The normalized spacial score (nSPS) is 26.5. The standard InChI is InChI=1S/C30H39N5O3/c1-3-34-13-4-5-22(18-34)32-29(36)21-7-11-27(31-17-21)35-24-8-9-25(35)16-23(15-24)33-30(37)26-10-6-20-12-14-38-28(20)19(26)2/h6-7,10-11,17,22-25H,3-5,8-9,12-16,18H2,1-2H3,(H,32,36)(H,33,37)/t22?,23?,24-,25+. The highest BCUT2D eigenvalue weighted by Crippen LogP contribution is 2.39. The summed E-state index contributed by atoms with van der Waals surface area (Å²) in [6.07, 6.45) is 8.79. The van der Waals surface area contributed by atoms with Crippen molar-refractivity contribution in [3.05, 3.63) is 52.7 Å². The van der Waals surface area contributed by atoms with Crippen molar-refractivity contribution in [1.82, 2.24) is 20.5 Å². The van der Waals surface area contributed by atoms with Crippen molar-refractivity contribution in [1.29, 1.82) is 0 Å². The topological polar surface area (TPSA) is 86.8 Å². The van der Waals surface area contributed by atoms with Gasteiger partial charge in [-0.25, -0.2) is 4.98 Å². The Morgan fingerprint density at radius 2 is 1.82 bits per heavy atom. The van der Waals surface area contributed by atoms with E-state index in [1.165, 1.54) is 5.56 Å². The van der Waals surface area contributed by atoms with Gasteiger partial charge in [-0.15, -0.1) is 0 Å². The summed E-state index contributed by atoms with van der Waals surface area (Å²) in [5.41, 5.74) is 3.47. The summed E-state index contributed by atoms with van der Waals surface area (Å²) in [5, 5.41) is 6.51.